The van der Waals surface area contributed by atoms with E-state index in [0.29, 0.717) is 5.92 Å². The summed E-state index contributed by atoms with van der Waals surface area (Å²) in [7, 11) is 0. The van der Waals surface area contributed by atoms with Crippen LogP contribution in [-0.4, -0.2) is 11.2 Å². The fraction of sp³-hybridized carbons (Fsp3) is 0.368. The van der Waals surface area contributed by atoms with Crippen molar-refractivity contribution in [2.45, 2.75) is 44.1 Å². The first-order valence-electron chi connectivity index (χ1n) is 7.51. The van der Waals surface area contributed by atoms with Crippen LogP contribution >= 0.6 is 0 Å². The molecule has 0 radical (unpaired) electrons. The highest BCUT2D eigenvalue weighted by Crippen LogP contribution is 2.58. The van der Waals surface area contributed by atoms with Gasteiger partial charge in [-0.3, -0.25) is 0 Å². The Balaban J connectivity index is 2.12. The lowest BCUT2D eigenvalue weighted by atomic mass is 9.62. The van der Waals surface area contributed by atoms with Crippen LogP contribution in [0.1, 0.15) is 42.4 Å². The Hall–Kier alpha value is -1.60. The van der Waals surface area contributed by atoms with Crippen LogP contribution in [0.5, 0.6) is 0 Å². The lowest BCUT2D eigenvalue weighted by Gasteiger charge is -2.42. The lowest BCUT2D eigenvalue weighted by molar-refractivity contribution is 0.109. The van der Waals surface area contributed by atoms with Gasteiger partial charge in [0, 0.05) is 5.41 Å². The number of hydrogen-bond acceptors (Lipinski definition) is 1. The minimum Gasteiger partial charge on any atom is -0.392 e. The second kappa shape index (κ2) is 3.95. The Morgan fingerprint density at radius 3 is 2.60 bits per heavy atom. The van der Waals surface area contributed by atoms with Gasteiger partial charge >= 0.3 is 0 Å². The minimum atomic E-state index is -0.235. The standard InChI is InChI=1S/C19H20O/c1-12-6-5-9-15-13-7-3-4-8-14(13)16-10-11-17(20)19(16,2)18(12)15/h3-9,16-17,20H,10-11H2,1-2H3/t16-,17+,19-/m1/s1. The highest BCUT2D eigenvalue weighted by molar-refractivity contribution is 5.78. The fourth-order valence-electron chi connectivity index (χ4n) is 4.63. The van der Waals surface area contributed by atoms with Crippen molar-refractivity contribution in [1.82, 2.24) is 0 Å². The van der Waals surface area contributed by atoms with Gasteiger partial charge in [-0.25, -0.2) is 0 Å². The number of rotatable bonds is 0. The second-order valence-electron chi connectivity index (χ2n) is 6.51. The molecular weight excluding hydrogens is 244 g/mol. The maximum absolute atomic E-state index is 10.7. The number of aliphatic hydroxyl groups is 1. The molecule has 1 fully saturated rings. The van der Waals surface area contributed by atoms with Gasteiger partial charge in [0.2, 0.25) is 0 Å². The van der Waals surface area contributed by atoms with E-state index < -0.39 is 0 Å². The summed E-state index contributed by atoms with van der Waals surface area (Å²) in [5.41, 5.74) is 6.65. The molecule has 0 saturated heterocycles. The minimum absolute atomic E-state index is 0.130. The van der Waals surface area contributed by atoms with Crippen molar-refractivity contribution in [1.29, 1.82) is 0 Å². The summed E-state index contributed by atoms with van der Waals surface area (Å²) < 4.78 is 0. The molecule has 0 amide bonds. The summed E-state index contributed by atoms with van der Waals surface area (Å²) >= 11 is 0. The average Bonchev–Trinajstić information content (AvgIpc) is 2.76. The topological polar surface area (TPSA) is 20.2 Å². The first-order valence-corrected chi connectivity index (χ1v) is 7.51. The molecule has 0 unspecified atom stereocenters. The molecule has 2 aromatic rings. The summed E-state index contributed by atoms with van der Waals surface area (Å²) in [5.74, 6) is 0.447. The zero-order valence-electron chi connectivity index (χ0n) is 12.1. The molecule has 1 nitrogen and oxygen atoms in total. The molecule has 1 heteroatoms. The van der Waals surface area contributed by atoms with Crippen molar-refractivity contribution >= 4 is 0 Å². The van der Waals surface area contributed by atoms with Gasteiger partial charge in [-0.05, 0) is 53.5 Å². The maximum Gasteiger partial charge on any atom is 0.0640 e. The Kier molecular flexibility index (Phi) is 2.41. The van der Waals surface area contributed by atoms with E-state index in [1.165, 1.54) is 27.8 Å². The highest BCUT2D eigenvalue weighted by Gasteiger charge is 2.52. The van der Waals surface area contributed by atoms with Crippen LogP contribution in [0.3, 0.4) is 0 Å². The van der Waals surface area contributed by atoms with Gasteiger partial charge in [0.25, 0.3) is 0 Å². The largest absolute Gasteiger partial charge is 0.392 e. The molecule has 20 heavy (non-hydrogen) atoms. The Bertz CT molecular complexity index is 688. The molecule has 0 spiro atoms. The van der Waals surface area contributed by atoms with Gasteiger partial charge in [0.05, 0.1) is 6.10 Å². The maximum atomic E-state index is 10.7. The van der Waals surface area contributed by atoms with E-state index in [4.69, 9.17) is 0 Å². The third kappa shape index (κ3) is 1.31. The number of aryl methyl sites for hydroxylation is 1. The van der Waals surface area contributed by atoms with E-state index in [9.17, 15) is 5.11 Å². The van der Waals surface area contributed by atoms with Crippen LogP contribution in [0.15, 0.2) is 42.5 Å². The van der Waals surface area contributed by atoms with Crippen LogP contribution in [-0.2, 0) is 5.41 Å². The molecule has 3 atom stereocenters. The smallest absolute Gasteiger partial charge is 0.0640 e. The molecule has 0 aliphatic heterocycles. The number of aliphatic hydroxyl groups excluding tert-OH is 1. The molecule has 2 aliphatic rings. The molecular formula is C19H20O. The predicted molar refractivity (Wildman–Crippen MR) is 81.9 cm³/mol. The van der Waals surface area contributed by atoms with Crippen molar-refractivity contribution in [3.05, 3.63) is 59.2 Å². The van der Waals surface area contributed by atoms with Gasteiger partial charge in [-0.2, -0.15) is 0 Å². The monoisotopic (exact) mass is 264 g/mol. The molecule has 2 aromatic carbocycles. The normalized spacial score (nSPS) is 30.6. The number of fused-ring (bicyclic) bond motifs is 6. The third-order valence-corrected chi connectivity index (χ3v) is 5.58. The highest BCUT2D eigenvalue weighted by atomic mass is 16.3. The Morgan fingerprint density at radius 1 is 1.00 bits per heavy atom. The first-order chi connectivity index (χ1) is 9.64. The molecule has 4 rings (SSSR count). The number of hydrogen-bond donors (Lipinski definition) is 1. The average molecular weight is 264 g/mol. The summed E-state index contributed by atoms with van der Waals surface area (Å²) in [4.78, 5) is 0. The van der Waals surface area contributed by atoms with Gasteiger partial charge in [0.1, 0.15) is 0 Å². The van der Waals surface area contributed by atoms with Crippen LogP contribution in [0.4, 0.5) is 0 Å². The SMILES string of the molecule is Cc1cccc2c1[C@]1(C)[C@H](CC[C@@H]1O)c1ccccc1-2. The van der Waals surface area contributed by atoms with Gasteiger partial charge in [-0.1, -0.05) is 49.4 Å². The molecule has 0 heterocycles. The molecule has 1 N–H and O–H groups in total. The van der Waals surface area contributed by atoms with E-state index in [1.807, 2.05) is 0 Å². The van der Waals surface area contributed by atoms with Crippen LogP contribution in [0.2, 0.25) is 0 Å². The molecule has 1 saturated carbocycles. The van der Waals surface area contributed by atoms with E-state index in [1.54, 1.807) is 0 Å². The summed E-state index contributed by atoms with van der Waals surface area (Å²) in [6.45, 7) is 4.44. The van der Waals surface area contributed by atoms with Crippen molar-refractivity contribution < 1.29 is 5.11 Å². The quantitative estimate of drug-likeness (QED) is 0.757. The van der Waals surface area contributed by atoms with Crippen LogP contribution in [0.25, 0.3) is 11.1 Å². The summed E-state index contributed by atoms with van der Waals surface area (Å²) in [5, 5.41) is 10.7. The van der Waals surface area contributed by atoms with E-state index in [2.05, 4.69) is 56.3 Å². The van der Waals surface area contributed by atoms with Crippen molar-refractivity contribution in [3.8, 4) is 11.1 Å². The molecule has 0 aromatic heterocycles. The Labute approximate surface area is 120 Å². The summed E-state index contributed by atoms with van der Waals surface area (Å²) in [6, 6.07) is 15.3. The van der Waals surface area contributed by atoms with Crippen LogP contribution in [0, 0.1) is 6.92 Å². The Morgan fingerprint density at radius 2 is 1.75 bits per heavy atom. The van der Waals surface area contributed by atoms with Gasteiger partial charge in [-0.15, -0.1) is 0 Å². The lowest BCUT2D eigenvalue weighted by Crippen LogP contribution is -2.39. The molecule has 102 valence electrons. The zero-order chi connectivity index (χ0) is 13.9. The molecule has 0 bridgehead atoms. The second-order valence-corrected chi connectivity index (χ2v) is 6.51. The van der Waals surface area contributed by atoms with E-state index in [-0.39, 0.29) is 11.5 Å². The van der Waals surface area contributed by atoms with Crippen molar-refractivity contribution in [2.24, 2.45) is 0 Å². The third-order valence-electron chi connectivity index (χ3n) is 5.58. The van der Waals surface area contributed by atoms with Crippen LogP contribution < -0.4 is 0 Å². The number of benzene rings is 2. The van der Waals surface area contributed by atoms with Crippen molar-refractivity contribution in [3.63, 3.8) is 0 Å². The van der Waals surface area contributed by atoms with E-state index >= 15 is 0 Å². The van der Waals surface area contributed by atoms with Crippen molar-refractivity contribution in [2.75, 3.05) is 0 Å². The van der Waals surface area contributed by atoms with E-state index in [0.717, 1.165) is 12.8 Å². The molecule has 2 aliphatic carbocycles. The van der Waals surface area contributed by atoms with Gasteiger partial charge < -0.3 is 5.11 Å². The fourth-order valence-corrected chi connectivity index (χ4v) is 4.63. The predicted octanol–water partition coefficient (Wildman–Crippen LogP) is 4.17. The first kappa shape index (κ1) is 12.2. The summed E-state index contributed by atoms with van der Waals surface area (Å²) in [6.07, 6.45) is 1.76. The zero-order valence-corrected chi connectivity index (χ0v) is 12.1. The van der Waals surface area contributed by atoms with Gasteiger partial charge in [0.15, 0.2) is 0 Å².